The Kier molecular flexibility index (Phi) is 4.96. The Morgan fingerprint density at radius 1 is 1.15 bits per heavy atom. The molecule has 0 spiro atoms. The van der Waals surface area contributed by atoms with Crippen LogP contribution in [0.3, 0.4) is 0 Å². The van der Waals surface area contributed by atoms with E-state index in [4.69, 9.17) is 9.47 Å². The van der Waals surface area contributed by atoms with E-state index < -0.39 is 0 Å². The van der Waals surface area contributed by atoms with Crippen molar-refractivity contribution in [3.05, 3.63) is 59.9 Å². The minimum Gasteiger partial charge on any atom is -0.488 e. The first-order valence-corrected chi connectivity index (χ1v) is 11.5. The van der Waals surface area contributed by atoms with E-state index in [0.29, 0.717) is 12.6 Å². The molecule has 0 unspecified atom stereocenters. The number of hydrogen-bond donors (Lipinski definition) is 2. The molecule has 0 saturated carbocycles. The van der Waals surface area contributed by atoms with Crippen molar-refractivity contribution in [3.8, 4) is 16.9 Å². The van der Waals surface area contributed by atoms with Gasteiger partial charge in [0.1, 0.15) is 29.6 Å². The average Bonchev–Trinajstić information content (AvgIpc) is 3.51. The Hall–Kier alpha value is -3.56. The van der Waals surface area contributed by atoms with Gasteiger partial charge >= 0.3 is 0 Å². The van der Waals surface area contributed by atoms with Gasteiger partial charge in [0.05, 0.1) is 18.3 Å². The van der Waals surface area contributed by atoms with E-state index in [1.54, 1.807) is 0 Å². The van der Waals surface area contributed by atoms with Crippen LogP contribution < -0.4 is 15.4 Å². The van der Waals surface area contributed by atoms with Crippen LogP contribution in [0.1, 0.15) is 23.6 Å². The first-order chi connectivity index (χ1) is 16.4. The molecule has 0 aromatic carbocycles. The van der Waals surface area contributed by atoms with Crippen molar-refractivity contribution in [2.45, 2.75) is 38.8 Å². The van der Waals surface area contributed by atoms with Crippen LogP contribution in [-0.4, -0.2) is 56.0 Å². The Bertz CT molecular complexity index is 1350. The number of fused-ring (bicyclic) bond motifs is 3. The van der Waals surface area contributed by atoms with Gasteiger partial charge < -0.3 is 20.1 Å². The van der Waals surface area contributed by atoms with Gasteiger partial charge in [-0.2, -0.15) is 5.10 Å². The molecule has 2 atom stereocenters. The molecule has 9 nitrogen and oxygen atoms in total. The number of ether oxygens (including phenoxy) is 2. The molecular weight excluding hydrogens is 430 g/mol. The third-order valence-corrected chi connectivity index (χ3v) is 6.41. The molecule has 2 fully saturated rings. The van der Waals surface area contributed by atoms with Gasteiger partial charge in [-0.3, -0.25) is 4.98 Å². The summed E-state index contributed by atoms with van der Waals surface area (Å²) in [5.41, 5.74) is 4.62. The molecule has 2 N–H and O–H groups in total. The summed E-state index contributed by atoms with van der Waals surface area (Å²) < 4.78 is 14.2. The zero-order valence-corrected chi connectivity index (χ0v) is 19.5. The largest absolute Gasteiger partial charge is 0.488 e. The summed E-state index contributed by atoms with van der Waals surface area (Å²) in [5.74, 6) is 2.93. The van der Waals surface area contributed by atoms with E-state index >= 15 is 0 Å². The van der Waals surface area contributed by atoms with Crippen molar-refractivity contribution in [2.24, 2.45) is 0 Å². The summed E-state index contributed by atoms with van der Waals surface area (Å²) in [5, 5.41) is 11.4. The summed E-state index contributed by atoms with van der Waals surface area (Å²) in [6.45, 7) is 7.91. The van der Waals surface area contributed by atoms with E-state index in [0.717, 1.165) is 70.8 Å². The quantitative estimate of drug-likeness (QED) is 0.455. The Morgan fingerprint density at radius 2 is 2.06 bits per heavy atom. The number of pyridine rings is 2. The lowest BCUT2D eigenvalue weighted by Crippen LogP contribution is -2.43. The minimum absolute atomic E-state index is 0.236. The molecule has 2 aliphatic heterocycles. The molecule has 4 aromatic heterocycles. The highest BCUT2D eigenvalue weighted by atomic mass is 16.6. The molecule has 6 rings (SSSR count). The molecule has 6 heterocycles. The third kappa shape index (κ3) is 3.97. The molecule has 0 amide bonds. The van der Waals surface area contributed by atoms with E-state index in [1.807, 2.05) is 55.9 Å². The van der Waals surface area contributed by atoms with E-state index in [1.165, 1.54) is 0 Å². The summed E-state index contributed by atoms with van der Waals surface area (Å²) in [6.07, 6.45) is 4.75. The van der Waals surface area contributed by atoms with Crippen molar-refractivity contribution in [1.82, 2.24) is 29.9 Å². The highest BCUT2D eigenvalue weighted by molar-refractivity contribution is 5.75. The molecular formula is C25H27N7O2. The summed E-state index contributed by atoms with van der Waals surface area (Å²) >= 11 is 0. The van der Waals surface area contributed by atoms with Gasteiger partial charge in [-0.25, -0.2) is 14.5 Å². The van der Waals surface area contributed by atoms with Crippen LogP contribution in [0.2, 0.25) is 0 Å². The van der Waals surface area contributed by atoms with Crippen molar-refractivity contribution >= 4 is 17.2 Å². The van der Waals surface area contributed by atoms with Crippen LogP contribution in [-0.2, 0) is 4.74 Å². The molecule has 0 radical (unpaired) electrons. The first-order valence-electron chi connectivity index (χ1n) is 11.5. The fourth-order valence-electron chi connectivity index (χ4n) is 4.81. The number of morpholine rings is 1. The predicted octanol–water partition coefficient (Wildman–Crippen LogP) is 3.36. The predicted molar refractivity (Wildman–Crippen MR) is 129 cm³/mol. The molecule has 0 aliphatic carbocycles. The Labute approximate surface area is 197 Å². The smallest absolute Gasteiger partial charge is 0.154 e. The summed E-state index contributed by atoms with van der Waals surface area (Å²) in [6, 6.07) is 10.6. The van der Waals surface area contributed by atoms with Crippen LogP contribution in [0.15, 0.2) is 42.7 Å². The molecule has 2 bridgehead atoms. The molecule has 174 valence electrons. The first kappa shape index (κ1) is 21.0. The van der Waals surface area contributed by atoms with E-state index in [-0.39, 0.29) is 5.60 Å². The standard InChI is InChI=1S/C25H27N7O2/c1-15-6-21(22(11-26-15)33-14-25-10-19(12-34-25)27-13-25)18-4-5-32-20(8-18)9-24(31-32)30-23-7-16(2)28-17(3)29-23/h4-9,11,19,27H,10,12-14H2,1-3H3,(H,28,29,30,31)/t19-,25-/m1/s1. The van der Waals surface area contributed by atoms with E-state index in [2.05, 4.69) is 42.8 Å². The number of anilines is 2. The number of nitrogens with one attached hydrogen (secondary N) is 2. The molecule has 9 heteroatoms. The zero-order valence-electron chi connectivity index (χ0n) is 19.5. The maximum Gasteiger partial charge on any atom is 0.154 e. The number of hydrogen-bond acceptors (Lipinski definition) is 8. The van der Waals surface area contributed by atoms with Crippen molar-refractivity contribution in [2.75, 3.05) is 25.1 Å². The van der Waals surface area contributed by atoms with Gasteiger partial charge in [0.2, 0.25) is 0 Å². The van der Waals surface area contributed by atoms with Gasteiger partial charge in [-0.1, -0.05) is 0 Å². The Morgan fingerprint density at radius 3 is 2.82 bits per heavy atom. The lowest BCUT2D eigenvalue weighted by atomic mass is 10.0. The van der Waals surface area contributed by atoms with Crippen molar-refractivity contribution < 1.29 is 9.47 Å². The molecule has 34 heavy (non-hydrogen) atoms. The minimum atomic E-state index is -0.236. The SMILES string of the molecule is Cc1cc(-c2ccn3nc(Nc4cc(C)nc(C)n4)cc3c2)c(OC[C@@]23CN[C@@H](CO2)C3)cn1. The van der Waals surface area contributed by atoms with Crippen molar-refractivity contribution in [1.29, 1.82) is 0 Å². The van der Waals surface area contributed by atoms with Crippen LogP contribution >= 0.6 is 0 Å². The maximum absolute atomic E-state index is 6.29. The van der Waals surface area contributed by atoms with Crippen LogP contribution in [0, 0.1) is 20.8 Å². The number of aryl methyl sites for hydroxylation is 3. The second-order valence-corrected chi connectivity index (χ2v) is 9.27. The third-order valence-electron chi connectivity index (χ3n) is 6.41. The number of aromatic nitrogens is 5. The van der Waals surface area contributed by atoms with Crippen molar-refractivity contribution in [3.63, 3.8) is 0 Å². The normalized spacial score (nSPS) is 21.3. The maximum atomic E-state index is 6.29. The van der Waals surface area contributed by atoms with Crippen LogP contribution in [0.25, 0.3) is 16.6 Å². The van der Waals surface area contributed by atoms with Gasteiger partial charge in [0.25, 0.3) is 0 Å². The number of nitrogens with zero attached hydrogens (tertiary/aromatic N) is 5. The summed E-state index contributed by atoms with van der Waals surface area (Å²) in [7, 11) is 0. The van der Waals surface area contributed by atoms with Gasteiger partial charge in [0.15, 0.2) is 5.82 Å². The molecule has 2 aliphatic rings. The second kappa shape index (κ2) is 8.03. The van der Waals surface area contributed by atoms with Gasteiger partial charge in [-0.15, -0.1) is 0 Å². The van der Waals surface area contributed by atoms with Gasteiger partial charge in [-0.05, 0) is 51.0 Å². The van der Waals surface area contributed by atoms with Crippen LogP contribution in [0.5, 0.6) is 5.75 Å². The molecule has 4 aromatic rings. The lowest BCUT2D eigenvalue weighted by Gasteiger charge is -2.27. The lowest BCUT2D eigenvalue weighted by molar-refractivity contribution is -0.0363. The highest BCUT2D eigenvalue weighted by Gasteiger charge is 2.47. The Balaban J connectivity index is 1.28. The fourth-order valence-corrected chi connectivity index (χ4v) is 4.81. The monoisotopic (exact) mass is 457 g/mol. The zero-order chi connectivity index (χ0) is 23.3. The number of rotatable bonds is 6. The summed E-state index contributed by atoms with van der Waals surface area (Å²) in [4.78, 5) is 13.2. The highest BCUT2D eigenvalue weighted by Crippen LogP contribution is 2.35. The van der Waals surface area contributed by atoms with Gasteiger partial charge in [0, 0.05) is 47.9 Å². The average molecular weight is 458 g/mol. The van der Waals surface area contributed by atoms with Crippen LogP contribution in [0.4, 0.5) is 11.6 Å². The van der Waals surface area contributed by atoms with E-state index in [9.17, 15) is 0 Å². The molecule has 2 saturated heterocycles. The second-order valence-electron chi connectivity index (χ2n) is 9.27. The fraction of sp³-hybridized carbons (Fsp3) is 0.360. The topological polar surface area (TPSA) is 98.5 Å².